The van der Waals surface area contributed by atoms with Crippen molar-refractivity contribution in [3.63, 3.8) is 0 Å². The van der Waals surface area contributed by atoms with Gasteiger partial charge in [0.2, 0.25) is 10.6 Å². The number of hydrogen-bond acceptors (Lipinski definition) is 9. The summed E-state index contributed by atoms with van der Waals surface area (Å²) in [5.74, 6) is 0.123. The summed E-state index contributed by atoms with van der Waals surface area (Å²) in [5.41, 5.74) is 7.26. The minimum atomic E-state index is -0.566. The smallest absolute Gasteiger partial charge is 0.357 e. The minimum absolute atomic E-state index is 0.0459. The molecule has 2 saturated heterocycles. The Bertz CT molecular complexity index is 1000. The van der Waals surface area contributed by atoms with Crippen LogP contribution in [0.25, 0.3) is 0 Å². The van der Waals surface area contributed by atoms with E-state index in [-0.39, 0.29) is 22.0 Å². The van der Waals surface area contributed by atoms with Gasteiger partial charge in [-0.3, -0.25) is 4.79 Å². The molecule has 0 aromatic carbocycles. The molecule has 184 valence electrons. The highest BCUT2D eigenvalue weighted by Crippen LogP contribution is 2.20. The van der Waals surface area contributed by atoms with Crippen molar-refractivity contribution in [2.75, 3.05) is 33.0 Å². The number of rotatable bonds is 9. The molecule has 0 aliphatic carbocycles. The largest absolute Gasteiger partial charge is 0.461 e. The van der Waals surface area contributed by atoms with Crippen LogP contribution in [0.3, 0.4) is 0 Å². The lowest BCUT2D eigenvalue weighted by Crippen LogP contribution is -2.28. The van der Waals surface area contributed by atoms with Gasteiger partial charge in [-0.1, -0.05) is 0 Å². The molecule has 4 rings (SSSR count). The lowest BCUT2D eigenvalue weighted by Gasteiger charge is -2.25. The number of esters is 1. The number of primary amides is 1. The van der Waals surface area contributed by atoms with E-state index in [0.717, 1.165) is 63.2 Å². The first-order chi connectivity index (χ1) is 16.4. The zero-order valence-electron chi connectivity index (χ0n) is 18.8. The molecule has 0 bridgehead atoms. The van der Waals surface area contributed by atoms with Crippen LogP contribution in [0.15, 0.2) is 12.4 Å². The highest BCUT2D eigenvalue weighted by atomic mass is 35.5. The van der Waals surface area contributed by atoms with Crippen LogP contribution in [0.5, 0.6) is 0 Å². The van der Waals surface area contributed by atoms with Crippen molar-refractivity contribution in [1.82, 2.24) is 19.9 Å². The molecule has 2 aromatic heterocycles. The Morgan fingerprint density at radius 3 is 1.82 bits per heavy atom. The molecule has 2 N–H and O–H groups in total. The summed E-state index contributed by atoms with van der Waals surface area (Å²) < 4.78 is 15.1. The maximum atomic E-state index is 11.8. The third kappa shape index (κ3) is 7.56. The van der Waals surface area contributed by atoms with Crippen molar-refractivity contribution in [3.8, 4) is 0 Å². The molecule has 0 atom stereocenters. The normalized spacial score (nSPS) is 15.5. The summed E-state index contributed by atoms with van der Waals surface area (Å²) in [6.45, 7) is 5.25. The van der Waals surface area contributed by atoms with E-state index in [1.54, 1.807) is 19.3 Å². The van der Waals surface area contributed by atoms with E-state index >= 15 is 0 Å². The third-order valence-electron chi connectivity index (χ3n) is 5.43. The van der Waals surface area contributed by atoms with Crippen LogP contribution in [0, 0.1) is 11.8 Å². The van der Waals surface area contributed by atoms with Crippen molar-refractivity contribution in [2.45, 2.75) is 32.6 Å². The van der Waals surface area contributed by atoms with Crippen LogP contribution >= 0.6 is 23.2 Å². The van der Waals surface area contributed by atoms with E-state index in [4.69, 9.17) is 43.1 Å². The average Bonchev–Trinajstić information content (AvgIpc) is 2.74. The molecule has 10 nitrogen and oxygen atoms in total. The maximum absolute atomic E-state index is 11.8. The number of ether oxygens (including phenoxy) is 3. The summed E-state index contributed by atoms with van der Waals surface area (Å²) in [7, 11) is 0. The molecule has 1 amide bonds. The summed E-state index contributed by atoms with van der Waals surface area (Å²) in [5, 5.41) is 0.110. The second-order valence-corrected chi connectivity index (χ2v) is 8.67. The van der Waals surface area contributed by atoms with Gasteiger partial charge in [0.15, 0.2) is 5.69 Å². The van der Waals surface area contributed by atoms with Gasteiger partial charge in [0.25, 0.3) is 5.91 Å². The van der Waals surface area contributed by atoms with Gasteiger partial charge in [0, 0.05) is 35.4 Å². The average molecular weight is 512 g/mol. The molecule has 2 aromatic rings. The number of carbonyl (C=O) groups is 2. The van der Waals surface area contributed by atoms with Crippen molar-refractivity contribution in [1.29, 1.82) is 0 Å². The Labute approximate surface area is 207 Å². The fourth-order valence-corrected chi connectivity index (χ4v) is 3.61. The summed E-state index contributed by atoms with van der Waals surface area (Å²) >= 11 is 11.3. The number of aromatic nitrogens is 4. The quantitative estimate of drug-likeness (QED) is 0.397. The second kappa shape index (κ2) is 12.9. The Morgan fingerprint density at radius 2 is 1.41 bits per heavy atom. The van der Waals surface area contributed by atoms with E-state index in [1.807, 2.05) is 0 Å². The summed E-state index contributed by atoms with van der Waals surface area (Å²) in [4.78, 5) is 38.5. The Morgan fingerprint density at radius 1 is 0.941 bits per heavy atom. The zero-order chi connectivity index (χ0) is 24.5. The molecular weight excluding hydrogens is 485 g/mol. The minimum Gasteiger partial charge on any atom is -0.461 e. The van der Waals surface area contributed by atoms with Gasteiger partial charge in [0.05, 0.1) is 33.0 Å². The number of carbonyl (C=O) groups excluding carboxylic acids is 2. The maximum Gasteiger partial charge on any atom is 0.357 e. The van der Waals surface area contributed by atoms with Crippen LogP contribution < -0.4 is 5.73 Å². The van der Waals surface area contributed by atoms with Gasteiger partial charge in [-0.25, -0.2) is 24.7 Å². The van der Waals surface area contributed by atoms with E-state index < -0.39 is 11.9 Å². The van der Waals surface area contributed by atoms with Crippen LogP contribution in [0.4, 0.5) is 0 Å². The molecule has 0 radical (unpaired) electrons. The van der Waals surface area contributed by atoms with Crippen molar-refractivity contribution in [3.05, 3.63) is 45.5 Å². The van der Waals surface area contributed by atoms with E-state index in [0.29, 0.717) is 18.4 Å². The lowest BCUT2D eigenvalue weighted by atomic mass is 9.98. The van der Waals surface area contributed by atoms with E-state index in [2.05, 4.69) is 19.9 Å². The molecule has 2 fully saturated rings. The number of nitrogens with two attached hydrogens (primary N) is 1. The van der Waals surface area contributed by atoms with Gasteiger partial charge in [-0.15, -0.1) is 0 Å². The van der Waals surface area contributed by atoms with Gasteiger partial charge >= 0.3 is 5.97 Å². The van der Waals surface area contributed by atoms with Crippen LogP contribution in [0.1, 0.15) is 51.9 Å². The third-order valence-corrected chi connectivity index (χ3v) is 5.79. The van der Waals surface area contributed by atoms with Gasteiger partial charge in [-0.05, 0) is 55.8 Å². The molecular formula is C22H27Cl2N5O5. The van der Waals surface area contributed by atoms with E-state index in [9.17, 15) is 9.59 Å². The summed E-state index contributed by atoms with van der Waals surface area (Å²) in [6.07, 6.45) is 6.53. The van der Waals surface area contributed by atoms with Crippen LogP contribution in [-0.2, 0) is 27.1 Å². The van der Waals surface area contributed by atoms with Gasteiger partial charge in [0.1, 0.15) is 5.69 Å². The van der Waals surface area contributed by atoms with Crippen molar-refractivity contribution >= 4 is 35.1 Å². The predicted molar refractivity (Wildman–Crippen MR) is 124 cm³/mol. The molecule has 0 saturated carbocycles. The van der Waals surface area contributed by atoms with Crippen LogP contribution in [-0.4, -0.2) is 64.8 Å². The topological polar surface area (TPSA) is 139 Å². The fraction of sp³-hybridized carbons (Fsp3) is 0.545. The second-order valence-electron chi connectivity index (χ2n) is 7.99. The lowest BCUT2D eigenvalue weighted by molar-refractivity contribution is -0.0353. The Kier molecular flexibility index (Phi) is 9.94. The Hall–Kier alpha value is -2.40. The molecule has 0 spiro atoms. The van der Waals surface area contributed by atoms with Crippen molar-refractivity contribution < 1.29 is 23.8 Å². The van der Waals surface area contributed by atoms with Crippen molar-refractivity contribution in [2.24, 2.45) is 17.6 Å². The number of halogens is 2. The number of aryl methyl sites for hydroxylation is 2. The molecule has 34 heavy (non-hydrogen) atoms. The number of amides is 1. The molecule has 2 aliphatic heterocycles. The molecule has 12 heteroatoms. The first-order valence-corrected chi connectivity index (χ1v) is 11.8. The fourth-order valence-electron chi connectivity index (χ4n) is 3.35. The predicted octanol–water partition coefficient (Wildman–Crippen LogP) is 2.69. The molecule has 2 aliphatic rings. The SMILES string of the molecule is CCOC(=O)c1nc(Cl)ncc1CCC1COC1.NC(=O)c1nc(Cl)ncc1CCC1COC1. The monoisotopic (exact) mass is 511 g/mol. The molecule has 4 heterocycles. The first-order valence-electron chi connectivity index (χ1n) is 11.0. The highest BCUT2D eigenvalue weighted by molar-refractivity contribution is 6.28. The Balaban J connectivity index is 0.000000192. The van der Waals surface area contributed by atoms with Gasteiger partial charge < -0.3 is 19.9 Å². The highest BCUT2D eigenvalue weighted by Gasteiger charge is 2.22. The standard InChI is InChI=1S/C12H15ClN2O3.C10H12ClN3O2/c1-2-18-11(16)10-9(5-14-12(13)15-10)4-3-8-6-17-7-8;11-10-13-3-7(8(14-10)9(12)15)2-1-6-4-16-5-6/h5,8H,2-4,6-7H2,1H3;3,6H,1-2,4-5H2,(H2,12,15). The zero-order valence-corrected chi connectivity index (χ0v) is 20.3. The van der Waals surface area contributed by atoms with Crippen LogP contribution in [0.2, 0.25) is 10.6 Å². The molecule has 0 unspecified atom stereocenters. The first kappa shape index (κ1) is 26.2. The van der Waals surface area contributed by atoms with E-state index in [1.165, 1.54) is 0 Å². The number of hydrogen-bond donors (Lipinski definition) is 1. The van der Waals surface area contributed by atoms with Gasteiger partial charge in [-0.2, -0.15) is 0 Å². The number of nitrogens with zero attached hydrogens (tertiary/aromatic N) is 4. The summed E-state index contributed by atoms with van der Waals surface area (Å²) in [6, 6.07) is 0.